The molecule has 0 unspecified atom stereocenters. The van der Waals surface area contributed by atoms with E-state index in [1.165, 1.54) is 24.5 Å². The van der Waals surface area contributed by atoms with Crippen molar-refractivity contribution in [3.63, 3.8) is 0 Å². The summed E-state index contributed by atoms with van der Waals surface area (Å²) in [5, 5.41) is 13.3. The van der Waals surface area contributed by atoms with Crippen LogP contribution in [0.3, 0.4) is 0 Å². The van der Waals surface area contributed by atoms with Gasteiger partial charge in [0.05, 0.1) is 7.11 Å². The minimum atomic E-state index is -0.0495. The van der Waals surface area contributed by atoms with Crippen LogP contribution in [0.1, 0.15) is 15.9 Å². The highest BCUT2D eigenvalue weighted by Gasteiger charge is 2.03. The molecule has 0 aliphatic rings. The SMILES string of the molecule is COc1ccc(/C=C/C(=O)c2ccsc2)cc1O. The van der Waals surface area contributed by atoms with Gasteiger partial charge in [-0.15, -0.1) is 0 Å². The summed E-state index contributed by atoms with van der Waals surface area (Å²) in [6.45, 7) is 0. The average Bonchev–Trinajstić information content (AvgIpc) is 2.90. The fraction of sp³-hybridized carbons (Fsp3) is 0.0714. The number of carbonyl (C=O) groups excluding carboxylic acids is 1. The van der Waals surface area contributed by atoms with Crippen molar-refractivity contribution in [1.29, 1.82) is 0 Å². The van der Waals surface area contributed by atoms with Crippen LogP contribution in [0, 0.1) is 0 Å². The first-order valence-electron chi connectivity index (χ1n) is 5.32. The number of phenolic OH excluding ortho intramolecular Hbond substituents is 1. The van der Waals surface area contributed by atoms with E-state index in [0.717, 1.165) is 5.56 Å². The van der Waals surface area contributed by atoms with E-state index in [9.17, 15) is 9.90 Å². The Morgan fingerprint density at radius 3 is 2.83 bits per heavy atom. The standard InChI is InChI=1S/C14H12O3S/c1-17-14-5-3-10(8-13(14)16)2-4-12(15)11-6-7-18-9-11/h2-9,16H,1H3/b4-2+. The van der Waals surface area contributed by atoms with Crippen molar-refractivity contribution in [3.8, 4) is 11.5 Å². The third kappa shape index (κ3) is 2.78. The van der Waals surface area contributed by atoms with Gasteiger partial charge in [-0.25, -0.2) is 0 Å². The number of carbonyl (C=O) groups is 1. The second-order valence-electron chi connectivity index (χ2n) is 3.64. The Bertz CT molecular complexity index is 571. The third-order valence-electron chi connectivity index (χ3n) is 2.44. The summed E-state index contributed by atoms with van der Waals surface area (Å²) in [6, 6.07) is 6.76. The molecule has 1 aromatic carbocycles. The van der Waals surface area contributed by atoms with Crippen molar-refractivity contribution in [2.45, 2.75) is 0 Å². The first-order chi connectivity index (χ1) is 8.70. The lowest BCUT2D eigenvalue weighted by Crippen LogP contribution is -1.90. The Morgan fingerprint density at radius 1 is 1.39 bits per heavy atom. The van der Waals surface area contributed by atoms with Crippen LogP contribution in [-0.4, -0.2) is 18.0 Å². The zero-order chi connectivity index (χ0) is 13.0. The summed E-state index contributed by atoms with van der Waals surface area (Å²) in [5.41, 5.74) is 1.42. The number of rotatable bonds is 4. The molecule has 0 spiro atoms. The summed E-state index contributed by atoms with van der Waals surface area (Å²) < 4.78 is 4.94. The second-order valence-corrected chi connectivity index (χ2v) is 4.42. The molecule has 2 aromatic rings. The highest BCUT2D eigenvalue weighted by Crippen LogP contribution is 2.26. The molecule has 92 valence electrons. The summed E-state index contributed by atoms with van der Waals surface area (Å²) in [4.78, 5) is 11.7. The largest absolute Gasteiger partial charge is 0.504 e. The van der Waals surface area contributed by atoms with Crippen LogP contribution >= 0.6 is 11.3 Å². The maximum absolute atomic E-state index is 11.7. The molecule has 0 saturated carbocycles. The van der Waals surface area contributed by atoms with Gasteiger partial charge in [0, 0.05) is 10.9 Å². The molecule has 1 N–H and O–H groups in total. The van der Waals surface area contributed by atoms with E-state index in [1.54, 1.807) is 35.7 Å². The van der Waals surface area contributed by atoms with Crippen LogP contribution in [0.5, 0.6) is 11.5 Å². The first-order valence-corrected chi connectivity index (χ1v) is 6.26. The Morgan fingerprint density at radius 2 is 2.22 bits per heavy atom. The molecule has 1 aromatic heterocycles. The van der Waals surface area contributed by atoms with Gasteiger partial charge >= 0.3 is 0 Å². The minimum absolute atomic E-state index is 0.0495. The highest BCUT2D eigenvalue weighted by molar-refractivity contribution is 7.08. The monoisotopic (exact) mass is 260 g/mol. The molecule has 0 amide bonds. The molecule has 0 atom stereocenters. The summed E-state index contributed by atoms with van der Waals surface area (Å²) in [5.74, 6) is 0.422. The number of aromatic hydroxyl groups is 1. The van der Waals surface area contributed by atoms with Crippen LogP contribution in [0.2, 0.25) is 0 Å². The van der Waals surface area contributed by atoms with E-state index in [-0.39, 0.29) is 11.5 Å². The Kier molecular flexibility index (Phi) is 3.79. The number of phenols is 1. The van der Waals surface area contributed by atoms with E-state index in [1.807, 2.05) is 5.38 Å². The molecular weight excluding hydrogens is 248 g/mol. The molecule has 0 saturated heterocycles. The summed E-state index contributed by atoms with van der Waals surface area (Å²) >= 11 is 1.49. The van der Waals surface area contributed by atoms with Crippen LogP contribution in [0.4, 0.5) is 0 Å². The molecule has 3 nitrogen and oxygen atoms in total. The van der Waals surface area contributed by atoms with Crippen molar-refractivity contribution in [1.82, 2.24) is 0 Å². The van der Waals surface area contributed by atoms with Gasteiger partial charge in [-0.05, 0) is 35.2 Å². The van der Waals surface area contributed by atoms with Gasteiger partial charge in [-0.3, -0.25) is 4.79 Å². The fourth-order valence-corrected chi connectivity index (χ4v) is 2.13. The fourth-order valence-electron chi connectivity index (χ4n) is 1.48. The van der Waals surface area contributed by atoms with E-state index < -0.39 is 0 Å². The van der Waals surface area contributed by atoms with Crippen LogP contribution in [0.25, 0.3) is 6.08 Å². The number of thiophene rings is 1. The zero-order valence-corrected chi connectivity index (χ0v) is 10.6. The molecule has 0 aliphatic heterocycles. The van der Waals surface area contributed by atoms with Crippen LogP contribution in [0.15, 0.2) is 41.1 Å². The van der Waals surface area contributed by atoms with E-state index in [2.05, 4.69) is 0 Å². The van der Waals surface area contributed by atoms with Gasteiger partial charge in [0.15, 0.2) is 17.3 Å². The molecule has 0 bridgehead atoms. The minimum Gasteiger partial charge on any atom is -0.504 e. The van der Waals surface area contributed by atoms with Crippen LogP contribution in [-0.2, 0) is 0 Å². The summed E-state index contributed by atoms with van der Waals surface area (Å²) in [6.07, 6.45) is 3.16. The number of benzene rings is 1. The van der Waals surface area contributed by atoms with Crippen molar-refractivity contribution in [3.05, 3.63) is 52.2 Å². The van der Waals surface area contributed by atoms with Gasteiger partial charge in [0.2, 0.25) is 0 Å². The number of allylic oxidation sites excluding steroid dienone is 1. The maximum atomic E-state index is 11.7. The van der Waals surface area contributed by atoms with Crippen molar-refractivity contribution >= 4 is 23.2 Å². The number of methoxy groups -OCH3 is 1. The van der Waals surface area contributed by atoms with Gasteiger partial charge in [0.25, 0.3) is 0 Å². The number of hydrogen-bond donors (Lipinski definition) is 1. The topological polar surface area (TPSA) is 46.5 Å². The van der Waals surface area contributed by atoms with Crippen molar-refractivity contribution in [2.75, 3.05) is 7.11 Å². The van der Waals surface area contributed by atoms with E-state index in [0.29, 0.717) is 11.3 Å². The van der Waals surface area contributed by atoms with Gasteiger partial charge in [-0.1, -0.05) is 12.1 Å². The predicted molar refractivity (Wildman–Crippen MR) is 72.3 cm³/mol. The second kappa shape index (κ2) is 5.51. The van der Waals surface area contributed by atoms with Crippen LogP contribution < -0.4 is 4.74 Å². The number of ketones is 1. The van der Waals surface area contributed by atoms with Crippen molar-refractivity contribution < 1.29 is 14.6 Å². The lowest BCUT2D eigenvalue weighted by molar-refractivity contribution is 0.104. The third-order valence-corrected chi connectivity index (χ3v) is 3.12. The Balaban J connectivity index is 2.14. The zero-order valence-electron chi connectivity index (χ0n) is 9.79. The first kappa shape index (κ1) is 12.4. The Labute approximate surface area is 109 Å². The number of ether oxygens (including phenoxy) is 1. The predicted octanol–water partition coefficient (Wildman–Crippen LogP) is 3.36. The molecular formula is C14H12O3S. The maximum Gasteiger partial charge on any atom is 0.186 e. The quantitative estimate of drug-likeness (QED) is 0.677. The smallest absolute Gasteiger partial charge is 0.186 e. The normalized spacial score (nSPS) is 10.7. The van der Waals surface area contributed by atoms with E-state index in [4.69, 9.17) is 4.74 Å². The highest BCUT2D eigenvalue weighted by atomic mass is 32.1. The molecule has 4 heteroatoms. The molecule has 0 fully saturated rings. The average molecular weight is 260 g/mol. The molecule has 1 heterocycles. The van der Waals surface area contributed by atoms with Gasteiger partial charge < -0.3 is 9.84 Å². The van der Waals surface area contributed by atoms with Crippen molar-refractivity contribution in [2.24, 2.45) is 0 Å². The van der Waals surface area contributed by atoms with E-state index >= 15 is 0 Å². The molecule has 2 rings (SSSR count). The lowest BCUT2D eigenvalue weighted by atomic mass is 10.1. The lowest BCUT2D eigenvalue weighted by Gasteiger charge is -2.03. The molecule has 0 aliphatic carbocycles. The summed E-state index contributed by atoms with van der Waals surface area (Å²) in [7, 11) is 1.49. The molecule has 18 heavy (non-hydrogen) atoms. The Hall–Kier alpha value is -2.07. The van der Waals surface area contributed by atoms with Gasteiger partial charge in [0.1, 0.15) is 0 Å². The molecule has 0 radical (unpaired) electrons. The van der Waals surface area contributed by atoms with Gasteiger partial charge in [-0.2, -0.15) is 11.3 Å². The number of hydrogen-bond acceptors (Lipinski definition) is 4.